The van der Waals surface area contributed by atoms with Crippen molar-refractivity contribution in [2.45, 2.75) is 32.5 Å². The van der Waals surface area contributed by atoms with Gasteiger partial charge in [-0.15, -0.1) is 0 Å². The van der Waals surface area contributed by atoms with Crippen LogP contribution in [0.1, 0.15) is 20.3 Å². The van der Waals surface area contributed by atoms with Gasteiger partial charge in [-0.25, -0.2) is 0 Å². The molecule has 1 N–H and O–H groups in total. The summed E-state index contributed by atoms with van der Waals surface area (Å²) < 4.78 is 5.75. The number of rotatable bonds is 6. The summed E-state index contributed by atoms with van der Waals surface area (Å²) in [5, 5.41) is 16.0. The van der Waals surface area contributed by atoms with Crippen molar-refractivity contribution < 1.29 is 9.66 Å². The van der Waals surface area contributed by atoms with Crippen molar-refractivity contribution in [1.82, 2.24) is 9.88 Å². The Morgan fingerprint density at radius 1 is 1.28 bits per heavy atom. The van der Waals surface area contributed by atoms with Crippen LogP contribution in [0, 0.1) is 10.1 Å². The quantitative estimate of drug-likeness (QED) is 0.493. The van der Waals surface area contributed by atoms with Crippen LogP contribution in [0.25, 0.3) is 10.8 Å². The largest absolute Gasteiger partial charge is 0.384 e. The van der Waals surface area contributed by atoms with E-state index < -0.39 is 0 Å². The summed E-state index contributed by atoms with van der Waals surface area (Å²) in [4.78, 5) is 17.2. The lowest BCUT2D eigenvalue weighted by atomic mass is 10.1. The standard InChI is InChI=1S/C18H24N4O3/c1-13-11-21(12-14(2)25-13)9-3-7-20-17-4-5-18(22(23)24)16-10-19-8-6-15(16)17/h4-6,8,10,13-14,20H,3,7,9,11-12H2,1-2H3/t13-,14+. The summed E-state index contributed by atoms with van der Waals surface area (Å²) in [7, 11) is 0. The van der Waals surface area contributed by atoms with E-state index in [-0.39, 0.29) is 22.8 Å². The zero-order valence-corrected chi connectivity index (χ0v) is 14.6. The second-order valence-corrected chi connectivity index (χ2v) is 6.61. The molecule has 1 aliphatic rings. The molecule has 0 unspecified atom stereocenters. The van der Waals surface area contributed by atoms with Crippen LogP contribution in [0.3, 0.4) is 0 Å². The minimum atomic E-state index is -0.367. The van der Waals surface area contributed by atoms with Gasteiger partial charge in [-0.1, -0.05) is 0 Å². The minimum Gasteiger partial charge on any atom is -0.384 e. The second-order valence-electron chi connectivity index (χ2n) is 6.61. The molecule has 0 saturated carbocycles. The molecule has 1 aromatic carbocycles. The molecule has 0 aliphatic carbocycles. The van der Waals surface area contributed by atoms with Crippen LogP contribution in [0.2, 0.25) is 0 Å². The first-order valence-corrected chi connectivity index (χ1v) is 8.67. The Morgan fingerprint density at radius 3 is 2.76 bits per heavy atom. The van der Waals surface area contributed by atoms with E-state index in [2.05, 4.69) is 29.0 Å². The Balaban J connectivity index is 1.60. The number of fused-ring (bicyclic) bond motifs is 1. The average Bonchev–Trinajstić information content (AvgIpc) is 2.57. The third-order valence-corrected chi connectivity index (χ3v) is 4.45. The molecular formula is C18H24N4O3. The van der Waals surface area contributed by atoms with E-state index >= 15 is 0 Å². The smallest absolute Gasteiger partial charge is 0.278 e. The molecule has 0 spiro atoms. The Kier molecular flexibility index (Phi) is 5.45. The van der Waals surface area contributed by atoms with Crippen molar-refractivity contribution in [2.75, 3.05) is 31.5 Å². The van der Waals surface area contributed by atoms with Crippen molar-refractivity contribution >= 4 is 22.1 Å². The average molecular weight is 344 g/mol. The normalized spacial score (nSPS) is 21.4. The van der Waals surface area contributed by atoms with E-state index in [1.165, 1.54) is 6.07 Å². The Labute approximate surface area is 147 Å². The number of nitrogens with zero attached hydrogens (tertiary/aromatic N) is 3. The highest BCUT2D eigenvalue weighted by atomic mass is 16.6. The lowest BCUT2D eigenvalue weighted by molar-refractivity contribution is -0.383. The summed E-state index contributed by atoms with van der Waals surface area (Å²) in [6, 6.07) is 5.13. The molecule has 2 aromatic rings. The minimum absolute atomic E-state index is 0.0879. The molecule has 7 nitrogen and oxygen atoms in total. The molecular weight excluding hydrogens is 320 g/mol. The highest BCUT2D eigenvalue weighted by Crippen LogP contribution is 2.30. The van der Waals surface area contributed by atoms with Crippen molar-refractivity contribution in [2.24, 2.45) is 0 Å². The van der Waals surface area contributed by atoms with Gasteiger partial charge >= 0.3 is 0 Å². The Morgan fingerprint density at radius 2 is 2.04 bits per heavy atom. The number of nitrogens with one attached hydrogen (secondary N) is 1. The number of anilines is 1. The second kappa shape index (κ2) is 7.76. The van der Waals surface area contributed by atoms with Crippen molar-refractivity contribution in [3.63, 3.8) is 0 Å². The van der Waals surface area contributed by atoms with Crippen LogP contribution in [-0.4, -0.2) is 53.2 Å². The molecule has 1 aliphatic heterocycles. The summed E-state index contributed by atoms with van der Waals surface area (Å²) in [6.07, 6.45) is 4.77. The highest BCUT2D eigenvalue weighted by Gasteiger charge is 2.21. The number of non-ortho nitro benzene ring substituents is 1. The predicted molar refractivity (Wildman–Crippen MR) is 98.0 cm³/mol. The molecule has 1 fully saturated rings. The van der Waals surface area contributed by atoms with Gasteiger partial charge in [0.1, 0.15) is 0 Å². The van der Waals surface area contributed by atoms with E-state index in [0.717, 1.165) is 43.7 Å². The lowest BCUT2D eigenvalue weighted by Crippen LogP contribution is -2.45. The molecule has 7 heteroatoms. The topological polar surface area (TPSA) is 80.5 Å². The zero-order chi connectivity index (χ0) is 17.8. The number of morpholine rings is 1. The van der Waals surface area contributed by atoms with E-state index in [9.17, 15) is 10.1 Å². The summed E-state index contributed by atoms with van der Waals surface area (Å²) in [6.45, 7) is 7.98. The maximum Gasteiger partial charge on any atom is 0.278 e. The number of hydrogen-bond acceptors (Lipinski definition) is 6. The predicted octanol–water partition coefficient (Wildman–Crippen LogP) is 3.05. The van der Waals surface area contributed by atoms with Gasteiger partial charge < -0.3 is 10.1 Å². The number of benzene rings is 1. The number of nitro benzene ring substituents is 1. The van der Waals surface area contributed by atoms with Gasteiger partial charge in [-0.3, -0.25) is 20.0 Å². The van der Waals surface area contributed by atoms with Gasteiger partial charge in [0.05, 0.1) is 22.5 Å². The number of hydrogen-bond donors (Lipinski definition) is 1. The molecule has 0 amide bonds. The van der Waals surface area contributed by atoms with Gasteiger partial charge in [-0.05, 0) is 32.4 Å². The van der Waals surface area contributed by atoms with Crippen LogP contribution in [0.15, 0.2) is 30.6 Å². The molecule has 1 aromatic heterocycles. The highest BCUT2D eigenvalue weighted by molar-refractivity contribution is 5.99. The molecule has 0 bridgehead atoms. The van der Waals surface area contributed by atoms with E-state index in [4.69, 9.17) is 4.74 Å². The first kappa shape index (κ1) is 17.6. The molecule has 0 radical (unpaired) electrons. The molecule has 134 valence electrons. The van der Waals surface area contributed by atoms with Crippen LogP contribution < -0.4 is 5.32 Å². The zero-order valence-electron chi connectivity index (χ0n) is 14.6. The monoisotopic (exact) mass is 344 g/mol. The first-order valence-electron chi connectivity index (χ1n) is 8.67. The Bertz CT molecular complexity index is 742. The van der Waals surface area contributed by atoms with Gasteiger partial charge in [0.25, 0.3) is 5.69 Å². The van der Waals surface area contributed by atoms with E-state index in [0.29, 0.717) is 5.39 Å². The van der Waals surface area contributed by atoms with Crippen molar-refractivity contribution in [3.8, 4) is 0 Å². The SMILES string of the molecule is C[C@@H]1CN(CCCNc2ccc([N+](=O)[O-])c3cnccc23)C[C@H](C)O1. The third-order valence-electron chi connectivity index (χ3n) is 4.45. The van der Waals surface area contributed by atoms with Crippen LogP contribution in [0.5, 0.6) is 0 Å². The van der Waals surface area contributed by atoms with Gasteiger partial charge in [0.15, 0.2) is 0 Å². The molecule has 25 heavy (non-hydrogen) atoms. The molecule has 2 heterocycles. The molecule has 2 atom stereocenters. The van der Waals surface area contributed by atoms with Gasteiger partial charge in [-0.2, -0.15) is 0 Å². The molecule has 3 rings (SSSR count). The van der Waals surface area contributed by atoms with Crippen LogP contribution in [-0.2, 0) is 4.74 Å². The number of aromatic nitrogens is 1. The van der Waals surface area contributed by atoms with E-state index in [1.54, 1.807) is 18.5 Å². The fraction of sp³-hybridized carbons (Fsp3) is 0.500. The third kappa shape index (κ3) is 4.24. The van der Waals surface area contributed by atoms with Gasteiger partial charge in [0, 0.05) is 55.7 Å². The van der Waals surface area contributed by atoms with Crippen LogP contribution >= 0.6 is 0 Å². The number of ether oxygens (including phenoxy) is 1. The summed E-state index contributed by atoms with van der Waals surface area (Å²) >= 11 is 0. The maximum atomic E-state index is 11.2. The van der Waals surface area contributed by atoms with Crippen molar-refractivity contribution in [1.29, 1.82) is 0 Å². The number of nitro groups is 1. The Hall–Kier alpha value is -2.25. The van der Waals surface area contributed by atoms with E-state index in [1.807, 2.05) is 6.07 Å². The fourth-order valence-corrected chi connectivity index (χ4v) is 3.48. The maximum absolute atomic E-state index is 11.2. The number of pyridine rings is 1. The van der Waals surface area contributed by atoms with Crippen LogP contribution in [0.4, 0.5) is 11.4 Å². The lowest BCUT2D eigenvalue weighted by Gasteiger charge is -2.35. The van der Waals surface area contributed by atoms with Gasteiger partial charge in [0.2, 0.25) is 0 Å². The summed E-state index contributed by atoms with van der Waals surface area (Å²) in [5.74, 6) is 0. The fourth-order valence-electron chi connectivity index (χ4n) is 3.48. The summed E-state index contributed by atoms with van der Waals surface area (Å²) in [5.41, 5.74) is 0.997. The van der Waals surface area contributed by atoms with Crippen molar-refractivity contribution in [3.05, 3.63) is 40.7 Å². The first-order chi connectivity index (χ1) is 12.0. The molecule has 1 saturated heterocycles.